The molecule has 0 heterocycles. The summed E-state index contributed by atoms with van der Waals surface area (Å²) in [5.74, 6) is 0.161. The number of ether oxygens (including phenoxy) is 1. The highest BCUT2D eigenvalue weighted by molar-refractivity contribution is 6.37. The fourth-order valence-electron chi connectivity index (χ4n) is 2.91. The predicted octanol–water partition coefficient (Wildman–Crippen LogP) is 6.01. The SMILES string of the molecule is Cc1ccc2ccccc2c1C(=O)N/N=C\c1cc(Cl)c(OC(C)C)c(Cl)c1. The number of aryl methyl sites for hydroxylation is 1. The molecule has 144 valence electrons. The van der Waals surface area contributed by atoms with Crippen molar-refractivity contribution >= 4 is 46.1 Å². The van der Waals surface area contributed by atoms with E-state index in [0.29, 0.717) is 26.9 Å². The number of nitrogens with zero attached hydrogens (tertiary/aromatic N) is 1. The molecule has 3 rings (SSSR count). The molecule has 0 aliphatic heterocycles. The Morgan fingerprint density at radius 1 is 1.11 bits per heavy atom. The standard InChI is InChI=1S/C22H20Cl2N2O2/c1-13(2)28-21-18(23)10-15(11-19(21)24)12-25-26-22(27)20-14(3)8-9-16-6-4-5-7-17(16)20/h4-13H,1-3H3,(H,26,27)/b25-12-. The zero-order valence-corrected chi connectivity index (χ0v) is 17.3. The van der Waals surface area contributed by atoms with E-state index in [9.17, 15) is 4.79 Å². The summed E-state index contributed by atoms with van der Waals surface area (Å²) in [5.41, 5.74) is 4.72. The third-order valence-electron chi connectivity index (χ3n) is 4.12. The molecule has 28 heavy (non-hydrogen) atoms. The van der Waals surface area contributed by atoms with Gasteiger partial charge >= 0.3 is 0 Å². The Labute approximate surface area is 174 Å². The molecular weight excluding hydrogens is 395 g/mol. The largest absolute Gasteiger partial charge is 0.488 e. The van der Waals surface area contributed by atoms with Crippen LogP contribution in [0, 0.1) is 6.92 Å². The van der Waals surface area contributed by atoms with E-state index in [1.165, 1.54) is 6.21 Å². The molecule has 0 radical (unpaired) electrons. The minimum atomic E-state index is -0.275. The van der Waals surface area contributed by atoms with E-state index in [0.717, 1.165) is 16.3 Å². The van der Waals surface area contributed by atoms with Gasteiger partial charge in [-0.25, -0.2) is 5.43 Å². The molecule has 0 aliphatic rings. The van der Waals surface area contributed by atoms with E-state index in [1.807, 2.05) is 57.2 Å². The van der Waals surface area contributed by atoms with Gasteiger partial charge in [0, 0.05) is 0 Å². The number of rotatable bonds is 5. The summed E-state index contributed by atoms with van der Waals surface area (Å²) in [5, 5.41) is 6.72. The topological polar surface area (TPSA) is 50.7 Å². The minimum Gasteiger partial charge on any atom is -0.488 e. The normalized spacial score (nSPS) is 11.4. The number of hydrogen-bond donors (Lipinski definition) is 1. The number of amides is 1. The van der Waals surface area contributed by atoms with Gasteiger partial charge < -0.3 is 4.74 Å². The first-order valence-electron chi connectivity index (χ1n) is 8.84. The second-order valence-electron chi connectivity index (χ2n) is 6.66. The first kappa shape index (κ1) is 20.2. The number of carbonyl (C=O) groups is 1. The molecule has 6 heteroatoms. The van der Waals surface area contributed by atoms with Crippen LogP contribution < -0.4 is 10.2 Å². The molecule has 0 atom stereocenters. The minimum absolute atomic E-state index is 0.0438. The van der Waals surface area contributed by atoms with Gasteiger partial charge in [0.25, 0.3) is 5.91 Å². The molecule has 3 aromatic carbocycles. The molecule has 0 fully saturated rings. The molecule has 0 saturated heterocycles. The molecule has 0 bridgehead atoms. The van der Waals surface area contributed by atoms with Crippen molar-refractivity contribution in [3.63, 3.8) is 0 Å². The van der Waals surface area contributed by atoms with Crippen molar-refractivity contribution in [2.75, 3.05) is 0 Å². The van der Waals surface area contributed by atoms with E-state index < -0.39 is 0 Å². The Morgan fingerprint density at radius 2 is 1.79 bits per heavy atom. The maximum Gasteiger partial charge on any atom is 0.272 e. The van der Waals surface area contributed by atoms with Gasteiger partial charge in [0.15, 0.2) is 5.75 Å². The number of hydrazone groups is 1. The first-order valence-corrected chi connectivity index (χ1v) is 9.60. The summed E-state index contributed by atoms with van der Waals surface area (Å²) in [4.78, 5) is 12.7. The zero-order chi connectivity index (χ0) is 20.3. The van der Waals surface area contributed by atoms with Crippen LogP contribution >= 0.6 is 23.2 Å². The third kappa shape index (κ3) is 4.46. The number of hydrogen-bond acceptors (Lipinski definition) is 3. The molecule has 4 nitrogen and oxygen atoms in total. The predicted molar refractivity (Wildman–Crippen MR) is 116 cm³/mol. The maximum absolute atomic E-state index is 12.7. The lowest BCUT2D eigenvalue weighted by Crippen LogP contribution is -2.19. The Kier molecular flexibility index (Phi) is 6.22. The second-order valence-corrected chi connectivity index (χ2v) is 7.47. The van der Waals surface area contributed by atoms with Crippen LogP contribution in [0.5, 0.6) is 5.75 Å². The fraction of sp³-hybridized carbons (Fsp3) is 0.182. The van der Waals surface area contributed by atoms with Gasteiger partial charge in [-0.15, -0.1) is 0 Å². The highest BCUT2D eigenvalue weighted by atomic mass is 35.5. The van der Waals surface area contributed by atoms with Crippen molar-refractivity contribution in [1.82, 2.24) is 5.43 Å². The molecule has 1 N–H and O–H groups in total. The molecule has 3 aromatic rings. The lowest BCUT2D eigenvalue weighted by atomic mass is 9.99. The lowest BCUT2D eigenvalue weighted by molar-refractivity contribution is 0.0956. The summed E-state index contributed by atoms with van der Waals surface area (Å²) in [6.07, 6.45) is 1.45. The number of halogens is 2. The van der Waals surface area contributed by atoms with Gasteiger partial charge in [0.05, 0.1) is 27.9 Å². The summed E-state index contributed by atoms with van der Waals surface area (Å²) in [7, 11) is 0. The average Bonchev–Trinajstić information content (AvgIpc) is 2.64. The fourth-order valence-corrected chi connectivity index (χ4v) is 3.50. The highest BCUT2D eigenvalue weighted by Crippen LogP contribution is 2.34. The van der Waals surface area contributed by atoms with E-state index in [2.05, 4.69) is 10.5 Å². The Balaban J connectivity index is 1.80. The van der Waals surface area contributed by atoms with Crippen LogP contribution in [0.25, 0.3) is 10.8 Å². The van der Waals surface area contributed by atoms with Gasteiger partial charge in [-0.3, -0.25) is 4.79 Å². The zero-order valence-electron chi connectivity index (χ0n) is 15.8. The second kappa shape index (κ2) is 8.63. The quantitative estimate of drug-likeness (QED) is 0.410. The van der Waals surface area contributed by atoms with Crippen molar-refractivity contribution in [3.8, 4) is 5.75 Å². The Morgan fingerprint density at radius 3 is 2.46 bits per heavy atom. The van der Waals surface area contributed by atoms with Gasteiger partial charge in [0.2, 0.25) is 0 Å². The summed E-state index contributed by atoms with van der Waals surface area (Å²) >= 11 is 12.5. The maximum atomic E-state index is 12.7. The van der Waals surface area contributed by atoms with E-state index in [1.54, 1.807) is 12.1 Å². The summed E-state index contributed by atoms with van der Waals surface area (Å²) < 4.78 is 5.61. The van der Waals surface area contributed by atoms with Gasteiger partial charge in [-0.1, -0.05) is 59.6 Å². The monoisotopic (exact) mass is 414 g/mol. The molecule has 0 saturated carbocycles. The van der Waals surface area contributed by atoms with Crippen LogP contribution in [0.15, 0.2) is 53.6 Å². The highest BCUT2D eigenvalue weighted by Gasteiger charge is 2.13. The van der Waals surface area contributed by atoms with Gasteiger partial charge in [0.1, 0.15) is 0 Å². The number of nitrogens with one attached hydrogen (secondary N) is 1. The van der Waals surface area contributed by atoms with Gasteiger partial charge in [-0.05, 0) is 54.8 Å². The number of carbonyl (C=O) groups excluding carboxylic acids is 1. The molecule has 1 amide bonds. The summed E-state index contributed by atoms with van der Waals surface area (Å²) in [6.45, 7) is 5.69. The van der Waals surface area contributed by atoms with Gasteiger partial charge in [-0.2, -0.15) is 5.10 Å². The van der Waals surface area contributed by atoms with Crippen LogP contribution in [0.1, 0.15) is 35.3 Å². The molecule has 0 spiro atoms. The van der Waals surface area contributed by atoms with Crippen molar-refractivity contribution in [1.29, 1.82) is 0 Å². The number of benzene rings is 3. The molecule has 0 unspecified atom stereocenters. The van der Waals surface area contributed by atoms with E-state index in [4.69, 9.17) is 27.9 Å². The van der Waals surface area contributed by atoms with Crippen molar-refractivity contribution < 1.29 is 9.53 Å². The Bertz CT molecular complexity index is 1040. The first-order chi connectivity index (χ1) is 13.4. The molecule has 0 aromatic heterocycles. The van der Waals surface area contributed by atoms with Crippen LogP contribution in [0.3, 0.4) is 0 Å². The number of fused-ring (bicyclic) bond motifs is 1. The van der Waals surface area contributed by atoms with Crippen molar-refractivity contribution in [3.05, 3.63) is 75.3 Å². The van der Waals surface area contributed by atoms with Crippen LogP contribution in [-0.4, -0.2) is 18.2 Å². The van der Waals surface area contributed by atoms with Crippen LogP contribution in [0.2, 0.25) is 10.0 Å². The van der Waals surface area contributed by atoms with E-state index >= 15 is 0 Å². The van der Waals surface area contributed by atoms with E-state index in [-0.39, 0.29) is 12.0 Å². The average molecular weight is 415 g/mol. The smallest absolute Gasteiger partial charge is 0.272 e. The van der Waals surface area contributed by atoms with Crippen LogP contribution in [0.4, 0.5) is 0 Å². The van der Waals surface area contributed by atoms with Crippen molar-refractivity contribution in [2.45, 2.75) is 26.9 Å². The molecule has 0 aliphatic carbocycles. The molecular formula is C22H20Cl2N2O2. The third-order valence-corrected chi connectivity index (χ3v) is 4.68. The van der Waals surface area contributed by atoms with Crippen LogP contribution in [-0.2, 0) is 0 Å². The lowest BCUT2D eigenvalue weighted by Gasteiger charge is -2.13. The van der Waals surface area contributed by atoms with Crippen molar-refractivity contribution in [2.24, 2.45) is 5.10 Å². The summed E-state index contributed by atoms with van der Waals surface area (Å²) in [6, 6.07) is 15.0. The Hall–Kier alpha value is -2.56.